The van der Waals surface area contributed by atoms with E-state index in [-0.39, 0.29) is 5.91 Å². The molecule has 0 aliphatic carbocycles. The van der Waals surface area contributed by atoms with E-state index < -0.39 is 0 Å². The highest BCUT2D eigenvalue weighted by atomic mass is 16.2. The number of benzene rings is 1. The number of rotatable bonds is 5. The Morgan fingerprint density at radius 3 is 2.88 bits per heavy atom. The zero-order valence-corrected chi connectivity index (χ0v) is 14.2. The van der Waals surface area contributed by atoms with Gasteiger partial charge in [0.05, 0.1) is 0 Å². The van der Waals surface area contributed by atoms with Crippen molar-refractivity contribution >= 4 is 11.7 Å². The van der Waals surface area contributed by atoms with Crippen LogP contribution in [0.2, 0.25) is 0 Å². The van der Waals surface area contributed by atoms with Gasteiger partial charge in [0.25, 0.3) is 5.91 Å². The summed E-state index contributed by atoms with van der Waals surface area (Å²) in [6.07, 6.45) is 7.15. The van der Waals surface area contributed by atoms with Gasteiger partial charge in [0.15, 0.2) is 0 Å². The number of aryl methyl sites for hydroxylation is 1. The van der Waals surface area contributed by atoms with Crippen molar-refractivity contribution in [1.29, 1.82) is 0 Å². The fraction of sp³-hybridized carbons (Fsp3) is 0.400. The maximum atomic E-state index is 13.0. The number of pyridine rings is 1. The first-order valence-electron chi connectivity index (χ1n) is 8.76. The van der Waals surface area contributed by atoms with E-state index in [9.17, 15) is 4.79 Å². The number of carbonyl (C=O) groups is 1. The Morgan fingerprint density at radius 2 is 2.08 bits per heavy atom. The summed E-state index contributed by atoms with van der Waals surface area (Å²) in [6, 6.07) is 14.5. The molecule has 1 N–H and O–H groups in total. The Kier molecular flexibility index (Phi) is 5.47. The fourth-order valence-electron chi connectivity index (χ4n) is 3.41. The molecule has 24 heavy (non-hydrogen) atoms. The molecule has 1 aliphatic heterocycles. The molecule has 2 heterocycles. The van der Waals surface area contributed by atoms with E-state index in [4.69, 9.17) is 0 Å². The molecule has 1 saturated heterocycles. The van der Waals surface area contributed by atoms with Crippen molar-refractivity contribution in [1.82, 2.24) is 9.88 Å². The molecule has 2 aromatic rings. The Labute approximate surface area is 143 Å². The van der Waals surface area contributed by atoms with Crippen LogP contribution in [0.5, 0.6) is 0 Å². The molecule has 1 aliphatic rings. The molecular weight excluding hydrogens is 298 g/mol. The molecule has 3 rings (SSSR count). The van der Waals surface area contributed by atoms with Crippen LogP contribution in [-0.2, 0) is 6.42 Å². The summed E-state index contributed by atoms with van der Waals surface area (Å²) in [5, 5.41) is 3.00. The van der Waals surface area contributed by atoms with Crippen LogP contribution in [-0.4, -0.2) is 35.4 Å². The number of nitrogens with one attached hydrogen (secondary N) is 1. The van der Waals surface area contributed by atoms with Crippen molar-refractivity contribution in [2.24, 2.45) is 0 Å². The number of anilines is 1. The number of hydrogen-bond acceptors (Lipinski definition) is 3. The monoisotopic (exact) mass is 323 g/mol. The summed E-state index contributed by atoms with van der Waals surface area (Å²) in [5.41, 5.74) is 2.07. The van der Waals surface area contributed by atoms with Crippen LogP contribution in [0.25, 0.3) is 0 Å². The first kappa shape index (κ1) is 16.5. The van der Waals surface area contributed by atoms with Crippen LogP contribution in [0.4, 0.5) is 5.82 Å². The molecule has 1 atom stereocenters. The van der Waals surface area contributed by atoms with E-state index in [1.807, 2.05) is 25.2 Å². The third-order valence-electron chi connectivity index (χ3n) is 4.76. The van der Waals surface area contributed by atoms with E-state index in [1.54, 1.807) is 6.20 Å². The van der Waals surface area contributed by atoms with Crippen molar-refractivity contribution in [3.05, 3.63) is 59.8 Å². The third kappa shape index (κ3) is 3.94. The minimum atomic E-state index is 0.131. The summed E-state index contributed by atoms with van der Waals surface area (Å²) in [7, 11) is 1.82. The number of likely N-dealkylation sites (tertiary alicyclic amines) is 1. The lowest BCUT2D eigenvalue weighted by Crippen LogP contribution is -2.44. The number of aromatic nitrogens is 1. The zero-order chi connectivity index (χ0) is 16.8. The zero-order valence-electron chi connectivity index (χ0n) is 14.2. The van der Waals surface area contributed by atoms with Crippen molar-refractivity contribution in [2.75, 3.05) is 18.9 Å². The second-order valence-electron chi connectivity index (χ2n) is 6.35. The summed E-state index contributed by atoms with van der Waals surface area (Å²) >= 11 is 0. The van der Waals surface area contributed by atoms with Crippen molar-refractivity contribution < 1.29 is 4.79 Å². The average molecular weight is 323 g/mol. The molecule has 1 aromatic carbocycles. The van der Waals surface area contributed by atoms with Crippen molar-refractivity contribution in [2.45, 2.75) is 38.1 Å². The second-order valence-corrected chi connectivity index (χ2v) is 6.35. The Hall–Kier alpha value is -2.36. The van der Waals surface area contributed by atoms with Gasteiger partial charge in [0, 0.05) is 31.4 Å². The first-order valence-corrected chi connectivity index (χ1v) is 8.76. The van der Waals surface area contributed by atoms with Gasteiger partial charge in [0.1, 0.15) is 5.82 Å². The average Bonchev–Trinajstić information content (AvgIpc) is 2.67. The molecule has 4 nitrogen and oxygen atoms in total. The lowest BCUT2D eigenvalue weighted by molar-refractivity contribution is 0.0602. The van der Waals surface area contributed by atoms with Gasteiger partial charge in [0.2, 0.25) is 0 Å². The molecule has 0 bridgehead atoms. The number of amides is 1. The van der Waals surface area contributed by atoms with Gasteiger partial charge in [-0.15, -0.1) is 0 Å². The smallest absolute Gasteiger partial charge is 0.254 e. The molecular formula is C20H25N3O. The first-order chi connectivity index (χ1) is 11.8. The Morgan fingerprint density at radius 1 is 1.25 bits per heavy atom. The summed E-state index contributed by atoms with van der Waals surface area (Å²) in [5.74, 6) is 0.866. The van der Waals surface area contributed by atoms with E-state index >= 15 is 0 Å². The molecule has 1 amide bonds. The minimum Gasteiger partial charge on any atom is -0.373 e. The molecule has 0 saturated carbocycles. The molecule has 1 fully saturated rings. The third-order valence-corrected chi connectivity index (χ3v) is 4.76. The van der Waals surface area contributed by atoms with Crippen LogP contribution in [0.1, 0.15) is 41.6 Å². The van der Waals surface area contributed by atoms with Crippen LogP contribution >= 0.6 is 0 Å². The predicted molar refractivity (Wildman–Crippen MR) is 97.2 cm³/mol. The molecule has 0 spiro atoms. The molecule has 1 aromatic heterocycles. The van der Waals surface area contributed by atoms with Crippen LogP contribution in [0.3, 0.4) is 0 Å². The van der Waals surface area contributed by atoms with Gasteiger partial charge < -0.3 is 10.2 Å². The van der Waals surface area contributed by atoms with Gasteiger partial charge in [-0.1, -0.05) is 30.3 Å². The van der Waals surface area contributed by atoms with Gasteiger partial charge >= 0.3 is 0 Å². The number of nitrogens with zero attached hydrogens (tertiary/aromatic N) is 2. The lowest BCUT2D eigenvalue weighted by atomic mass is 9.95. The summed E-state index contributed by atoms with van der Waals surface area (Å²) < 4.78 is 0. The van der Waals surface area contributed by atoms with Crippen LogP contribution in [0.15, 0.2) is 48.7 Å². The van der Waals surface area contributed by atoms with E-state index in [0.717, 1.165) is 43.6 Å². The SMILES string of the molecule is CNc1cc(C(=O)N2CCCC[C@@H]2CCc2ccccc2)ccn1. The normalized spacial score (nSPS) is 17.5. The molecule has 0 unspecified atom stereocenters. The highest BCUT2D eigenvalue weighted by molar-refractivity contribution is 5.95. The topological polar surface area (TPSA) is 45.2 Å². The maximum Gasteiger partial charge on any atom is 0.254 e. The van der Waals surface area contributed by atoms with E-state index in [0.29, 0.717) is 6.04 Å². The lowest BCUT2D eigenvalue weighted by Gasteiger charge is -2.36. The molecule has 126 valence electrons. The number of carbonyl (C=O) groups excluding carboxylic acids is 1. The second kappa shape index (κ2) is 7.95. The van der Waals surface area contributed by atoms with Gasteiger partial charge in [-0.2, -0.15) is 0 Å². The van der Waals surface area contributed by atoms with Crippen LogP contribution in [0, 0.1) is 0 Å². The van der Waals surface area contributed by atoms with Gasteiger partial charge in [-0.3, -0.25) is 4.79 Å². The standard InChI is InChI=1S/C20H25N3O/c1-21-19-15-17(12-13-22-19)20(24)23-14-6-5-9-18(23)11-10-16-7-3-2-4-8-16/h2-4,7-8,12-13,15,18H,5-6,9-11,14H2,1H3,(H,21,22)/t18-/m1/s1. The highest BCUT2D eigenvalue weighted by Gasteiger charge is 2.27. The predicted octanol–water partition coefficient (Wildman–Crippen LogP) is 3.75. The summed E-state index contributed by atoms with van der Waals surface area (Å²) in [6.45, 7) is 0.857. The van der Waals surface area contributed by atoms with E-state index in [1.165, 1.54) is 12.0 Å². The molecule has 0 radical (unpaired) electrons. The van der Waals surface area contributed by atoms with E-state index in [2.05, 4.69) is 39.5 Å². The molecule has 4 heteroatoms. The minimum absolute atomic E-state index is 0.131. The van der Waals surface area contributed by atoms with Gasteiger partial charge in [-0.05, 0) is 49.8 Å². The van der Waals surface area contributed by atoms with Crippen molar-refractivity contribution in [3.8, 4) is 0 Å². The Balaban J connectivity index is 1.70. The quantitative estimate of drug-likeness (QED) is 0.911. The summed E-state index contributed by atoms with van der Waals surface area (Å²) in [4.78, 5) is 19.2. The Bertz CT molecular complexity index is 672. The van der Waals surface area contributed by atoms with Crippen LogP contribution < -0.4 is 5.32 Å². The fourth-order valence-corrected chi connectivity index (χ4v) is 3.41. The largest absolute Gasteiger partial charge is 0.373 e. The van der Waals surface area contributed by atoms with Crippen molar-refractivity contribution in [3.63, 3.8) is 0 Å². The maximum absolute atomic E-state index is 13.0. The highest BCUT2D eigenvalue weighted by Crippen LogP contribution is 2.24. The number of hydrogen-bond donors (Lipinski definition) is 1. The number of piperidine rings is 1. The van der Waals surface area contributed by atoms with Gasteiger partial charge in [-0.25, -0.2) is 4.98 Å².